The molecule has 7 aromatic rings. The minimum Gasteiger partial charge on any atom is -0.421 e. The molecule has 0 unspecified atom stereocenters. The van der Waals surface area contributed by atoms with E-state index in [-0.39, 0.29) is 33.9 Å². The van der Waals surface area contributed by atoms with E-state index in [1.807, 2.05) is 0 Å². The molecule has 0 atom stereocenters. The van der Waals surface area contributed by atoms with Crippen molar-refractivity contribution in [2.24, 2.45) is 0 Å². The molecule has 0 radical (unpaired) electrons. The minimum absolute atomic E-state index is 0.0609. The number of pyridine rings is 3. The van der Waals surface area contributed by atoms with Crippen molar-refractivity contribution in [2.45, 2.75) is 57.8 Å². The second-order valence-electron chi connectivity index (χ2n) is 15.6. The third kappa shape index (κ3) is 7.69. The van der Waals surface area contributed by atoms with Gasteiger partial charge in [-0.05, 0) is 164 Å². The highest BCUT2D eigenvalue weighted by atomic mass is 16.5. The minimum atomic E-state index is -0.800. The van der Waals surface area contributed by atoms with E-state index in [1.54, 1.807) is 36.4 Å². The normalized spacial score (nSPS) is 13.6. The zero-order valence-corrected chi connectivity index (χ0v) is 32.8. The molecule has 9 nitrogen and oxygen atoms in total. The molecule has 0 N–H and O–H groups in total. The van der Waals surface area contributed by atoms with E-state index in [2.05, 4.69) is 69.5 Å². The number of carbonyl (C=O) groups is 3. The molecular formula is C51H39N3O6. The van der Waals surface area contributed by atoms with Gasteiger partial charge in [-0.15, -0.1) is 0 Å². The van der Waals surface area contributed by atoms with E-state index in [9.17, 15) is 14.4 Å². The molecule has 3 heterocycles. The zero-order chi connectivity index (χ0) is 40.6. The average Bonchev–Trinajstić information content (AvgIpc) is 4.08. The number of hydrogen-bond acceptors (Lipinski definition) is 9. The molecule has 0 bridgehead atoms. The van der Waals surface area contributed by atoms with Crippen LogP contribution in [0.4, 0.5) is 0 Å². The molecule has 0 saturated carbocycles. The second-order valence-corrected chi connectivity index (χ2v) is 15.6. The molecule has 294 valence electrons. The van der Waals surface area contributed by atoms with Crippen LogP contribution in [-0.4, -0.2) is 32.9 Å². The molecule has 10 rings (SSSR count). The molecule has 0 aliphatic heterocycles. The Kier molecular flexibility index (Phi) is 9.77. The number of aromatic nitrogens is 3. The van der Waals surface area contributed by atoms with E-state index < -0.39 is 17.9 Å². The fraction of sp³-hybridized carbons (Fsp3) is 0.176. The van der Waals surface area contributed by atoms with Crippen LogP contribution < -0.4 is 14.2 Å². The standard InChI is InChI=1S/C51H39N3O6/c55-49(58-43-16-19-46(52-28-43)37-13-10-31-4-1-7-34(31)22-37)40-25-41(50(56)59-44-17-20-47(53-29-44)38-14-11-32-5-2-8-35(32)23-38)27-42(26-40)51(57)60-45-18-21-48(54-30-45)39-15-12-33-6-3-9-36(33)24-39/h10-30H,1-9H2. The third-order valence-corrected chi connectivity index (χ3v) is 11.7. The molecule has 60 heavy (non-hydrogen) atoms. The maximum Gasteiger partial charge on any atom is 0.343 e. The van der Waals surface area contributed by atoms with Crippen molar-refractivity contribution in [2.75, 3.05) is 0 Å². The fourth-order valence-corrected chi connectivity index (χ4v) is 8.51. The number of aryl methyl sites for hydroxylation is 6. The highest BCUT2D eigenvalue weighted by Crippen LogP contribution is 2.31. The van der Waals surface area contributed by atoms with Gasteiger partial charge in [0.05, 0.1) is 52.4 Å². The Labute approximate surface area is 347 Å². The van der Waals surface area contributed by atoms with Crippen molar-refractivity contribution in [1.82, 2.24) is 15.0 Å². The van der Waals surface area contributed by atoms with Crippen LogP contribution in [0.5, 0.6) is 17.2 Å². The van der Waals surface area contributed by atoms with Gasteiger partial charge < -0.3 is 14.2 Å². The summed E-state index contributed by atoms with van der Waals surface area (Å²) in [6, 6.07) is 33.5. The van der Waals surface area contributed by atoms with Gasteiger partial charge in [-0.2, -0.15) is 0 Å². The Balaban J connectivity index is 0.888. The van der Waals surface area contributed by atoms with Crippen LogP contribution in [-0.2, 0) is 38.5 Å². The van der Waals surface area contributed by atoms with Gasteiger partial charge in [0.2, 0.25) is 0 Å². The van der Waals surface area contributed by atoms with Crippen LogP contribution in [0, 0.1) is 0 Å². The molecule has 0 amide bonds. The van der Waals surface area contributed by atoms with Crippen LogP contribution in [0.25, 0.3) is 33.8 Å². The molecule has 4 aromatic carbocycles. The Morgan fingerprint density at radius 1 is 0.350 bits per heavy atom. The van der Waals surface area contributed by atoms with Crippen molar-refractivity contribution in [1.29, 1.82) is 0 Å². The van der Waals surface area contributed by atoms with Crippen LogP contribution in [0.15, 0.2) is 128 Å². The van der Waals surface area contributed by atoms with Crippen molar-refractivity contribution in [3.63, 3.8) is 0 Å². The second kappa shape index (κ2) is 15.8. The predicted octanol–water partition coefficient (Wildman–Crippen LogP) is 10.00. The Morgan fingerprint density at radius 2 is 0.650 bits per heavy atom. The summed E-state index contributed by atoms with van der Waals surface area (Å²) >= 11 is 0. The average molecular weight is 790 g/mol. The lowest BCUT2D eigenvalue weighted by molar-refractivity contribution is 0.0734. The number of rotatable bonds is 9. The lowest BCUT2D eigenvalue weighted by atomic mass is 10.0. The van der Waals surface area contributed by atoms with Crippen LogP contribution in [0.1, 0.15) is 83.7 Å². The summed E-state index contributed by atoms with van der Waals surface area (Å²) in [5.74, 6) is -1.80. The summed E-state index contributed by atoms with van der Waals surface area (Å²) in [4.78, 5) is 54.7. The Morgan fingerprint density at radius 3 is 0.933 bits per heavy atom. The number of fused-ring (bicyclic) bond motifs is 3. The van der Waals surface area contributed by atoms with Crippen LogP contribution >= 0.6 is 0 Å². The predicted molar refractivity (Wildman–Crippen MR) is 226 cm³/mol. The summed E-state index contributed by atoms with van der Waals surface area (Å²) < 4.78 is 17.1. The fourth-order valence-electron chi connectivity index (χ4n) is 8.51. The highest BCUT2D eigenvalue weighted by Gasteiger charge is 2.22. The topological polar surface area (TPSA) is 118 Å². The summed E-state index contributed by atoms with van der Waals surface area (Å²) in [7, 11) is 0. The van der Waals surface area contributed by atoms with E-state index in [0.717, 1.165) is 91.6 Å². The molecule has 0 saturated heterocycles. The monoisotopic (exact) mass is 789 g/mol. The summed E-state index contributed by atoms with van der Waals surface area (Å²) in [6.45, 7) is 0. The number of nitrogens with zero attached hydrogens (tertiary/aromatic N) is 3. The third-order valence-electron chi connectivity index (χ3n) is 11.7. The molecule has 3 aromatic heterocycles. The van der Waals surface area contributed by atoms with Gasteiger partial charge in [-0.3, -0.25) is 15.0 Å². The van der Waals surface area contributed by atoms with E-state index in [1.165, 1.54) is 70.2 Å². The number of ether oxygens (including phenoxy) is 3. The maximum absolute atomic E-state index is 13.7. The highest BCUT2D eigenvalue weighted by molar-refractivity contribution is 6.02. The number of carbonyl (C=O) groups excluding carboxylic acids is 3. The number of benzene rings is 4. The SMILES string of the molecule is O=C(Oc1ccc(-c2ccc3c(c2)CCC3)nc1)c1cc(C(=O)Oc2ccc(-c3ccc4c(c3)CCC4)nc2)cc(C(=O)Oc2ccc(-c3ccc4c(c3)CCC4)nc2)c1. The van der Waals surface area contributed by atoms with Gasteiger partial charge in [-0.25, -0.2) is 14.4 Å². The van der Waals surface area contributed by atoms with Crippen LogP contribution in [0.2, 0.25) is 0 Å². The van der Waals surface area contributed by atoms with Gasteiger partial charge in [-0.1, -0.05) is 36.4 Å². The Hall–Kier alpha value is -7.26. The Bertz CT molecular complexity index is 2500. The van der Waals surface area contributed by atoms with Crippen molar-refractivity contribution < 1.29 is 28.6 Å². The number of esters is 3. The molecular weight excluding hydrogens is 751 g/mol. The first-order chi connectivity index (χ1) is 29.4. The van der Waals surface area contributed by atoms with E-state index >= 15 is 0 Å². The van der Waals surface area contributed by atoms with Gasteiger partial charge in [0.1, 0.15) is 17.2 Å². The first-order valence-corrected chi connectivity index (χ1v) is 20.4. The van der Waals surface area contributed by atoms with Gasteiger partial charge in [0, 0.05) is 16.7 Å². The van der Waals surface area contributed by atoms with Crippen LogP contribution in [0.3, 0.4) is 0 Å². The van der Waals surface area contributed by atoms with Crippen molar-refractivity contribution >= 4 is 17.9 Å². The van der Waals surface area contributed by atoms with Crippen molar-refractivity contribution in [3.05, 3.63) is 178 Å². The molecule has 3 aliphatic carbocycles. The quantitative estimate of drug-likeness (QED) is 0.132. The summed E-state index contributed by atoms with van der Waals surface area (Å²) in [5.41, 5.74) is 13.2. The molecule has 3 aliphatic rings. The summed E-state index contributed by atoms with van der Waals surface area (Å²) in [5, 5.41) is 0. The van der Waals surface area contributed by atoms with Gasteiger partial charge in [0.25, 0.3) is 0 Å². The lowest BCUT2D eigenvalue weighted by Crippen LogP contribution is -2.17. The number of hydrogen-bond donors (Lipinski definition) is 0. The summed E-state index contributed by atoms with van der Waals surface area (Å²) in [6.07, 6.45) is 14.3. The molecule has 0 spiro atoms. The maximum atomic E-state index is 13.7. The molecule has 0 fully saturated rings. The lowest BCUT2D eigenvalue weighted by Gasteiger charge is -2.11. The largest absolute Gasteiger partial charge is 0.421 e. The van der Waals surface area contributed by atoms with Gasteiger partial charge >= 0.3 is 17.9 Å². The molecule has 9 heteroatoms. The first-order valence-electron chi connectivity index (χ1n) is 20.4. The first kappa shape index (κ1) is 37.0. The van der Waals surface area contributed by atoms with Crippen molar-refractivity contribution in [3.8, 4) is 51.0 Å². The van der Waals surface area contributed by atoms with E-state index in [4.69, 9.17) is 14.2 Å². The zero-order valence-electron chi connectivity index (χ0n) is 32.8. The van der Waals surface area contributed by atoms with Gasteiger partial charge in [0.15, 0.2) is 0 Å². The van der Waals surface area contributed by atoms with E-state index in [0.29, 0.717) is 0 Å². The smallest absolute Gasteiger partial charge is 0.343 e.